The average molecular weight is 354 g/mol. The molecule has 3 fully saturated rings. The van der Waals surface area contributed by atoms with Gasteiger partial charge in [0.15, 0.2) is 6.33 Å². The minimum atomic E-state index is -2.25. The first kappa shape index (κ1) is 16.3. The van der Waals surface area contributed by atoms with E-state index >= 15 is 0 Å². The number of hydrogen-bond acceptors (Lipinski definition) is 7. The van der Waals surface area contributed by atoms with E-state index in [0.717, 1.165) is 64.8 Å². The molecule has 4 heterocycles. The lowest BCUT2D eigenvalue weighted by Crippen LogP contribution is -2.50. The van der Waals surface area contributed by atoms with Crippen molar-refractivity contribution in [2.45, 2.75) is 44.7 Å². The van der Waals surface area contributed by atoms with Gasteiger partial charge in [-0.2, -0.15) is 0 Å². The third kappa shape index (κ3) is 2.45. The Morgan fingerprint density at radius 3 is 2.12 bits per heavy atom. The predicted octanol–water partition coefficient (Wildman–Crippen LogP) is 1.69. The first-order chi connectivity index (χ1) is 11.7. The number of hydrogen-bond donors (Lipinski definition) is 0. The molecule has 0 N–H and O–H groups in total. The summed E-state index contributed by atoms with van der Waals surface area (Å²) in [5, 5.41) is 16.3. The summed E-state index contributed by atoms with van der Waals surface area (Å²) in [6, 6.07) is 0. The van der Waals surface area contributed by atoms with Crippen LogP contribution < -0.4 is 0 Å². The summed E-state index contributed by atoms with van der Waals surface area (Å²) in [6.45, 7) is 4.73. The van der Waals surface area contributed by atoms with Crippen LogP contribution in [-0.4, -0.2) is 72.4 Å². The Labute approximate surface area is 142 Å². The summed E-state index contributed by atoms with van der Waals surface area (Å²) in [5.41, 5.74) is 0. The second-order valence-corrected chi connectivity index (χ2v) is 9.87. The molecule has 1 aromatic heterocycles. The Balaban J connectivity index is 1.84. The second kappa shape index (κ2) is 6.63. The summed E-state index contributed by atoms with van der Waals surface area (Å²) in [7, 11) is -2.25. The molecule has 0 aliphatic carbocycles. The molecular formula is C14H25N7O2P+. The highest BCUT2D eigenvalue weighted by molar-refractivity contribution is 7.67. The van der Waals surface area contributed by atoms with Crippen LogP contribution in [-0.2, 0) is 0 Å². The van der Waals surface area contributed by atoms with E-state index in [0.29, 0.717) is 6.42 Å². The quantitative estimate of drug-likeness (QED) is 0.452. The lowest BCUT2D eigenvalue weighted by Gasteiger charge is -2.41. The molecule has 0 aromatic carbocycles. The van der Waals surface area contributed by atoms with Gasteiger partial charge in [0.1, 0.15) is 6.33 Å². The highest BCUT2D eigenvalue weighted by atomic mass is 31.2. The summed E-state index contributed by atoms with van der Waals surface area (Å²) in [6.07, 6.45) is 8.86. The van der Waals surface area contributed by atoms with E-state index in [2.05, 4.69) is 24.1 Å². The molecule has 9 nitrogen and oxygen atoms in total. The van der Waals surface area contributed by atoms with E-state index in [1.807, 2.05) is 4.45 Å². The fourth-order valence-corrected chi connectivity index (χ4v) is 9.17. The molecular weight excluding hydrogens is 329 g/mol. The SMILES string of the molecule is O=[N+]([O-])C1CCCN1[P+](N1CCCC1)(N1CCCC1)n1cncn1. The first-order valence-electron chi connectivity index (χ1n) is 8.90. The maximum absolute atomic E-state index is 11.8. The van der Waals surface area contributed by atoms with Crippen molar-refractivity contribution in [1.82, 2.24) is 28.5 Å². The van der Waals surface area contributed by atoms with Crippen LogP contribution in [0.1, 0.15) is 38.5 Å². The number of aromatic nitrogens is 3. The number of rotatable bonds is 5. The normalized spacial score (nSPS) is 27.2. The molecule has 0 saturated carbocycles. The zero-order valence-corrected chi connectivity index (χ0v) is 14.8. The van der Waals surface area contributed by atoms with Gasteiger partial charge in [-0.1, -0.05) is 9.12 Å². The van der Waals surface area contributed by atoms with E-state index in [9.17, 15) is 10.1 Å². The van der Waals surface area contributed by atoms with Gasteiger partial charge in [-0.25, -0.2) is 4.98 Å². The summed E-state index contributed by atoms with van der Waals surface area (Å²) in [5.74, 6) is 0. The van der Waals surface area contributed by atoms with Gasteiger partial charge in [0, 0.05) is 44.1 Å². The Morgan fingerprint density at radius 1 is 1.00 bits per heavy atom. The van der Waals surface area contributed by atoms with Gasteiger partial charge in [0.25, 0.3) is 0 Å². The maximum atomic E-state index is 11.8. The third-order valence-electron chi connectivity index (χ3n) is 5.39. The standard InChI is InChI=1S/C14H25N7O2P/c22-21(23)14-6-5-11-19(14)24(17-7-1-2-8-17,18-9-3-4-10-18)20-13-15-12-16-20/h12-14H,1-11H2/q+1. The second-order valence-electron chi connectivity index (χ2n) is 6.75. The largest absolute Gasteiger partial charge is 0.360 e. The van der Waals surface area contributed by atoms with Crippen molar-refractivity contribution in [2.75, 3.05) is 32.7 Å². The van der Waals surface area contributed by atoms with Crippen molar-refractivity contribution in [3.05, 3.63) is 22.8 Å². The molecule has 10 heteroatoms. The Hall–Kier alpha value is -1.15. The molecule has 0 radical (unpaired) electrons. The molecule has 0 bridgehead atoms. The minimum Gasteiger partial charge on any atom is -0.263 e. The molecule has 0 spiro atoms. The van der Waals surface area contributed by atoms with E-state index in [1.54, 1.807) is 12.7 Å². The summed E-state index contributed by atoms with van der Waals surface area (Å²) in [4.78, 5) is 15.9. The van der Waals surface area contributed by atoms with Crippen LogP contribution >= 0.6 is 7.87 Å². The maximum Gasteiger partial charge on any atom is 0.360 e. The van der Waals surface area contributed by atoms with Gasteiger partial charge in [0.05, 0.1) is 0 Å². The van der Waals surface area contributed by atoms with Crippen LogP contribution in [0, 0.1) is 10.1 Å². The van der Waals surface area contributed by atoms with Crippen LogP contribution in [0.4, 0.5) is 0 Å². The van der Waals surface area contributed by atoms with Gasteiger partial charge < -0.3 is 0 Å². The molecule has 1 unspecified atom stereocenters. The van der Waals surface area contributed by atoms with Crippen LogP contribution in [0.2, 0.25) is 0 Å². The molecule has 3 aliphatic rings. The van der Waals surface area contributed by atoms with Gasteiger partial charge >= 0.3 is 14.0 Å². The minimum absolute atomic E-state index is 0.0924. The van der Waals surface area contributed by atoms with Gasteiger partial charge in [-0.15, -0.1) is 14.4 Å². The van der Waals surface area contributed by atoms with E-state index in [4.69, 9.17) is 0 Å². The van der Waals surface area contributed by atoms with Gasteiger partial charge in [0.2, 0.25) is 0 Å². The molecule has 4 rings (SSSR count). The molecule has 24 heavy (non-hydrogen) atoms. The first-order valence-corrected chi connectivity index (χ1v) is 10.5. The summed E-state index contributed by atoms with van der Waals surface area (Å²) < 4.78 is 9.15. The fourth-order valence-electron chi connectivity index (χ4n) is 4.42. The van der Waals surface area contributed by atoms with Crippen molar-refractivity contribution in [2.24, 2.45) is 0 Å². The van der Waals surface area contributed by atoms with E-state index in [1.165, 1.54) is 0 Å². The molecule has 0 amide bonds. The van der Waals surface area contributed by atoms with Crippen molar-refractivity contribution in [3.8, 4) is 0 Å². The van der Waals surface area contributed by atoms with Crippen LogP contribution in [0.25, 0.3) is 0 Å². The van der Waals surface area contributed by atoms with Crippen molar-refractivity contribution in [3.63, 3.8) is 0 Å². The molecule has 1 atom stereocenters. The van der Waals surface area contributed by atoms with E-state index in [-0.39, 0.29) is 4.92 Å². The molecule has 1 aromatic rings. The Bertz CT molecular complexity index is 556. The zero-order valence-electron chi connectivity index (χ0n) is 13.9. The topological polar surface area (TPSA) is 83.6 Å². The molecule has 3 aliphatic heterocycles. The van der Waals surface area contributed by atoms with E-state index < -0.39 is 14.0 Å². The highest BCUT2D eigenvalue weighted by Crippen LogP contribution is 2.71. The van der Waals surface area contributed by atoms with Crippen LogP contribution in [0.15, 0.2) is 12.7 Å². The fraction of sp³-hybridized carbons (Fsp3) is 0.857. The van der Waals surface area contributed by atoms with Crippen molar-refractivity contribution < 1.29 is 4.92 Å². The third-order valence-corrected chi connectivity index (χ3v) is 9.62. The van der Waals surface area contributed by atoms with Gasteiger partial charge in [-0.05, 0) is 32.1 Å². The smallest absolute Gasteiger partial charge is 0.263 e. The van der Waals surface area contributed by atoms with Gasteiger partial charge in [-0.3, -0.25) is 10.1 Å². The lowest BCUT2D eigenvalue weighted by molar-refractivity contribution is -0.539. The number of nitrogens with zero attached hydrogens (tertiary/aromatic N) is 7. The summed E-state index contributed by atoms with van der Waals surface area (Å²) >= 11 is 0. The monoisotopic (exact) mass is 354 g/mol. The van der Waals surface area contributed by atoms with Crippen molar-refractivity contribution in [1.29, 1.82) is 0 Å². The van der Waals surface area contributed by atoms with Crippen molar-refractivity contribution >= 4 is 7.87 Å². The number of nitro groups is 1. The highest BCUT2D eigenvalue weighted by Gasteiger charge is 2.66. The lowest BCUT2D eigenvalue weighted by atomic mass is 10.3. The van der Waals surface area contributed by atoms with Crippen LogP contribution in [0.3, 0.4) is 0 Å². The predicted molar refractivity (Wildman–Crippen MR) is 90.7 cm³/mol. The molecule has 3 saturated heterocycles. The molecule has 132 valence electrons. The Kier molecular flexibility index (Phi) is 4.51. The van der Waals surface area contributed by atoms with Crippen LogP contribution in [0.5, 0.6) is 0 Å². The Morgan fingerprint density at radius 2 is 1.62 bits per heavy atom. The average Bonchev–Trinajstić information content (AvgIpc) is 3.38. The zero-order chi connectivity index (χ0) is 16.6.